The number of amides is 1. The zero-order chi connectivity index (χ0) is 24.1. The van der Waals surface area contributed by atoms with Crippen molar-refractivity contribution in [3.63, 3.8) is 0 Å². The fourth-order valence-electron chi connectivity index (χ4n) is 3.48. The molecule has 0 unspecified atom stereocenters. The zero-order valence-corrected chi connectivity index (χ0v) is 19.0. The van der Waals surface area contributed by atoms with E-state index >= 15 is 0 Å². The molecule has 0 N–H and O–H groups in total. The second kappa shape index (κ2) is 10.6. The van der Waals surface area contributed by atoms with Crippen LogP contribution in [0.3, 0.4) is 0 Å². The number of benzene rings is 2. The van der Waals surface area contributed by atoms with Crippen LogP contribution in [0.1, 0.15) is 23.2 Å². The molecule has 1 heterocycles. The van der Waals surface area contributed by atoms with Crippen LogP contribution in [0.4, 0.5) is 11.4 Å². The lowest BCUT2D eigenvalue weighted by molar-refractivity contribution is -0.384. The Hall–Kier alpha value is -3.17. The number of hydrogen-bond donors (Lipinski definition) is 0. The molecule has 2 atom stereocenters. The van der Waals surface area contributed by atoms with Crippen LogP contribution in [0.2, 0.25) is 5.02 Å². The van der Waals surface area contributed by atoms with E-state index in [1.165, 1.54) is 42.3 Å². The van der Waals surface area contributed by atoms with Crippen molar-refractivity contribution < 1.29 is 28.8 Å². The molecule has 174 valence electrons. The molecule has 1 aliphatic heterocycles. The summed E-state index contributed by atoms with van der Waals surface area (Å²) in [6.07, 6.45) is -1.13. The maximum Gasteiger partial charge on any atom is 0.312 e. The van der Waals surface area contributed by atoms with Crippen LogP contribution in [0.5, 0.6) is 5.75 Å². The predicted molar refractivity (Wildman–Crippen MR) is 121 cm³/mol. The molecular weight excluding hydrogens is 475 g/mol. The summed E-state index contributed by atoms with van der Waals surface area (Å²) in [5.74, 6) is -2.10. The highest BCUT2D eigenvalue weighted by Gasteiger charge is 2.39. The maximum absolute atomic E-state index is 12.8. The first-order valence-electron chi connectivity index (χ1n) is 9.94. The molecule has 0 aromatic heterocycles. The summed E-state index contributed by atoms with van der Waals surface area (Å²) < 4.78 is 10.7. The highest BCUT2D eigenvalue weighted by atomic mass is 35.5. The number of non-ortho nitro benzene ring substituents is 1. The van der Waals surface area contributed by atoms with Crippen LogP contribution < -0.4 is 9.64 Å². The van der Waals surface area contributed by atoms with Gasteiger partial charge in [-0.1, -0.05) is 11.6 Å². The smallest absolute Gasteiger partial charge is 0.312 e. The van der Waals surface area contributed by atoms with Crippen LogP contribution in [-0.2, 0) is 14.3 Å². The summed E-state index contributed by atoms with van der Waals surface area (Å²) in [4.78, 5) is 49.9. The minimum Gasteiger partial charge on any atom is -0.494 e. The first-order valence-corrected chi connectivity index (χ1v) is 10.9. The second-order valence-electron chi connectivity index (χ2n) is 7.29. The SMILES string of the molecule is COc1cc([N+](=O)[O-])ccc1N1C[C@H](C(=O)O[C@@H](CCCl)C(=O)c2ccc(Cl)cc2)CC1=O. The molecule has 0 saturated carbocycles. The summed E-state index contributed by atoms with van der Waals surface area (Å²) in [6.45, 7) is -0.0193. The number of halogens is 2. The third kappa shape index (κ3) is 5.61. The van der Waals surface area contributed by atoms with E-state index in [2.05, 4.69) is 0 Å². The van der Waals surface area contributed by atoms with Crippen LogP contribution in [-0.4, -0.2) is 48.2 Å². The van der Waals surface area contributed by atoms with Crippen molar-refractivity contribution in [3.8, 4) is 5.75 Å². The zero-order valence-electron chi connectivity index (χ0n) is 17.5. The second-order valence-corrected chi connectivity index (χ2v) is 8.11. The van der Waals surface area contributed by atoms with E-state index in [4.69, 9.17) is 32.7 Å². The Morgan fingerprint density at radius 2 is 1.94 bits per heavy atom. The lowest BCUT2D eigenvalue weighted by atomic mass is 10.0. The number of anilines is 1. The number of rotatable bonds is 9. The van der Waals surface area contributed by atoms with Crippen molar-refractivity contribution in [1.29, 1.82) is 0 Å². The van der Waals surface area contributed by atoms with E-state index in [-0.39, 0.29) is 42.6 Å². The molecular formula is C22H20Cl2N2O7. The number of hydrogen-bond acceptors (Lipinski definition) is 7. The third-order valence-electron chi connectivity index (χ3n) is 5.17. The molecule has 1 aliphatic rings. The first kappa shape index (κ1) is 24.5. The van der Waals surface area contributed by atoms with E-state index in [1.54, 1.807) is 12.1 Å². The van der Waals surface area contributed by atoms with Crippen LogP contribution in [0, 0.1) is 16.0 Å². The average Bonchev–Trinajstić information content (AvgIpc) is 3.19. The summed E-state index contributed by atoms with van der Waals surface area (Å²) in [5.41, 5.74) is 0.433. The van der Waals surface area contributed by atoms with Crippen molar-refractivity contribution >= 4 is 52.2 Å². The van der Waals surface area contributed by atoms with Crippen molar-refractivity contribution in [2.24, 2.45) is 5.92 Å². The normalized spacial score (nSPS) is 16.4. The number of ether oxygens (including phenoxy) is 2. The van der Waals surface area contributed by atoms with Crippen LogP contribution in [0.15, 0.2) is 42.5 Å². The first-order chi connectivity index (χ1) is 15.7. The number of alkyl halides is 1. The molecule has 1 amide bonds. The van der Waals surface area contributed by atoms with Crippen molar-refractivity contribution in [2.45, 2.75) is 18.9 Å². The Morgan fingerprint density at radius 1 is 1.24 bits per heavy atom. The van der Waals surface area contributed by atoms with Gasteiger partial charge >= 0.3 is 5.97 Å². The predicted octanol–water partition coefficient (Wildman–Crippen LogP) is 4.03. The number of carbonyl (C=O) groups is 3. The van der Waals surface area contributed by atoms with Gasteiger partial charge in [-0.15, -0.1) is 11.6 Å². The average molecular weight is 495 g/mol. The number of nitrogens with zero attached hydrogens (tertiary/aromatic N) is 2. The van der Waals surface area contributed by atoms with Crippen molar-refractivity contribution in [1.82, 2.24) is 0 Å². The molecule has 9 nitrogen and oxygen atoms in total. The number of ketones is 1. The fourth-order valence-corrected chi connectivity index (χ4v) is 3.80. The Kier molecular flexibility index (Phi) is 7.88. The summed E-state index contributed by atoms with van der Waals surface area (Å²) in [5, 5.41) is 11.5. The van der Waals surface area contributed by atoms with E-state index in [0.29, 0.717) is 16.3 Å². The molecule has 2 aromatic rings. The van der Waals surface area contributed by atoms with Crippen LogP contribution >= 0.6 is 23.2 Å². The van der Waals surface area contributed by atoms with Gasteiger partial charge in [0.05, 0.1) is 29.7 Å². The minimum absolute atomic E-state index is 0.0193. The maximum atomic E-state index is 12.8. The topological polar surface area (TPSA) is 116 Å². The Bertz CT molecular complexity index is 1070. The van der Waals surface area contributed by atoms with Gasteiger partial charge in [0, 0.05) is 41.9 Å². The molecule has 11 heteroatoms. The van der Waals surface area contributed by atoms with E-state index in [9.17, 15) is 24.5 Å². The molecule has 0 radical (unpaired) electrons. The molecule has 0 bridgehead atoms. The molecule has 1 saturated heterocycles. The third-order valence-corrected chi connectivity index (χ3v) is 5.64. The molecule has 1 fully saturated rings. The number of nitro benzene ring substituents is 1. The minimum atomic E-state index is -1.10. The molecule has 3 rings (SSSR count). The lowest BCUT2D eigenvalue weighted by Gasteiger charge is -2.20. The van der Waals surface area contributed by atoms with Crippen molar-refractivity contribution in [3.05, 3.63) is 63.2 Å². The molecule has 2 aromatic carbocycles. The largest absolute Gasteiger partial charge is 0.494 e. The van der Waals surface area contributed by atoms with Gasteiger partial charge in [0.1, 0.15) is 5.75 Å². The van der Waals surface area contributed by atoms with E-state index < -0.39 is 28.7 Å². The van der Waals surface area contributed by atoms with Gasteiger partial charge in [0.15, 0.2) is 6.10 Å². The Labute approximate surface area is 199 Å². The highest BCUT2D eigenvalue weighted by molar-refractivity contribution is 6.30. The molecule has 33 heavy (non-hydrogen) atoms. The van der Waals surface area contributed by atoms with Crippen molar-refractivity contribution in [2.75, 3.05) is 24.4 Å². The number of methoxy groups -OCH3 is 1. The van der Waals surface area contributed by atoms with Crippen LogP contribution in [0.25, 0.3) is 0 Å². The Balaban J connectivity index is 1.74. The van der Waals surface area contributed by atoms with E-state index in [1.807, 2.05) is 0 Å². The van der Waals surface area contributed by atoms with Gasteiger partial charge in [-0.3, -0.25) is 24.5 Å². The standard InChI is InChI=1S/C22H20Cl2N2O7/c1-32-19-11-16(26(30)31)6-7-17(19)25-12-14(10-20(25)27)22(29)33-18(8-9-23)21(28)13-2-4-15(24)5-3-13/h2-7,11,14,18H,8-10,12H2,1H3/t14-,18+/m1/s1. The van der Waals surface area contributed by atoms with Gasteiger partial charge in [-0.25, -0.2) is 0 Å². The number of esters is 1. The van der Waals surface area contributed by atoms with E-state index in [0.717, 1.165) is 0 Å². The molecule has 0 spiro atoms. The summed E-state index contributed by atoms with van der Waals surface area (Å²) in [6, 6.07) is 10.0. The van der Waals surface area contributed by atoms with Gasteiger partial charge < -0.3 is 14.4 Å². The molecule has 0 aliphatic carbocycles. The fraction of sp³-hybridized carbons (Fsp3) is 0.318. The number of carbonyl (C=O) groups excluding carboxylic acids is 3. The summed E-state index contributed by atoms with van der Waals surface area (Å²) in [7, 11) is 1.33. The van der Waals surface area contributed by atoms with Gasteiger partial charge in [-0.2, -0.15) is 0 Å². The van der Waals surface area contributed by atoms with Gasteiger partial charge in [-0.05, 0) is 30.3 Å². The van der Waals surface area contributed by atoms with Gasteiger partial charge in [0.2, 0.25) is 11.7 Å². The number of nitro groups is 1. The highest BCUT2D eigenvalue weighted by Crippen LogP contribution is 2.36. The number of Topliss-reactive ketones (excluding diaryl/α,β-unsaturated/α-hetero) is 1. The van der Waals surface area contributed by atoms with Gasteiger partial charge in [0.25, 0.3) is 5.69 Å². The monoisotopic (exact) mass is 494 g/mol. The Morgan fingerprint density at radius 3 is 2.55 bits per heavy atom. The quantitative estimate of drug-likeness (QED) is 0.170. The summed E-state index contributed by atoms with van der Waals surface area (Å²) >= 11 is 11.7. The lowest BCUT2D eigenvalue weighted by Crippen LogP contribution is -2.32.